The summed E-state index contributed by atoms with van der Waals surface area (Å²) in [6, 6.07) is 17.7. The molecular formula is C22H29NO3. The van der Waals surface area contributed by atoms with Crippen molar-refractivity contribution in [2.45, 2.75) is 39.0 Å². The molecule has 0 aliphatic heterocycles. The van der Waals surface area contributed by atoms with Gasteiger partial charge in [0.1, 0.15) is 18.1 Å². The molecule has 2 aromatic carbocycles. The Labute approximate surface area is 156 Å². The Morgan fingerprint density at radius 1 is 0.885 bits per heavy atom. The van der Waals surface area contributed by atoms with Crippen LogP contribution < -0.4 is 14.8 Å². The lowest BCUT2D eigenvalue weighted by molar-refractivity contribution is -0.121. The first-order valence-corrected chi connectivity index (χ1v) is 9.13. The molecule has 0 heterocycles. The summed E-state index contributed by atoms with van der Waals surface area (Å²) in [6.45, 7) is 8.05. The average molecular weight is 355 g/mol. The Morgan fingerprint density at radius 3 is 2.15 bits per heavy atom. The highest BCUT2D eigenvalue weighted by molar-refractivity contribution is 5.75. The maximum Gasteiger partial charge on any atom is 0.220 e. The number of nitrogens with one attached hydrogen (secondary N) is 1. The Morgan fingerprint density at radius 2 is 1.50 bits per heavy atom. The van der Waals surface area contributed by atoms with Crippen LogP contribution in [0.2, 0.25) is 0 Å². The fourth-order valence-corrected chi connectivity index (χ4v) is 2.44. The number of benzene rings is 2. The minimum Gasteiger partial charge on any atom is -0.494 e. The molecule has 0 aliphatic carbocycles. The van der Waals surface area contributed by atoms with Crippen LogP contribution in [-0.2, 0) is 10.2 Å². The molecule has 2 aromatic rings. The summed E-state index contributed by atoms with van der Waals surface area (Å²) >= 11 is 0. The van der Waals surface area contributed by atoms with Gasteiger partial charge in [0.2, 0.25) is 5.91 Å². The number of hydrogen-bond acceptors (Lipinski definition) is 3. The number of ether oxygens (including phenoxy) is 2. The highest BCUT2D eigenvalue weighted by Crippen LogP contribution is 2.24. The first-order valence-electron chi connectivity index (χ1n) is 9.13. The maximum absolute atomic E-state index is 11.8. The monoisotopic (exact) mass is 355 g/mol. The van der Waals surface area contributed by atoms with E-state index in [4.69, 9.17) is 9.47 Å². The zero-order valence-corrected chi connectivity index (χ0v) is 16.0. The summed E-state index contributed by atoms with van der Waals surface area (Å²) < 4.78 is 11.2. The smallest absolute Gasteiger partial charge is 0.220 e. The van der Waals surface area contributed by atoms with Crippen molar-refractivity contribution in [2.24, 2.45) is 0 Å². The normalized spacial score (nSPS) is 11.0. The van der Waals surface area contributed by atoms with Crippen LogP contribution in [0, 0.1) is 0 Å². The molecule has 0 fully saturated rings. The van der Waals surface area contributed by atoms with Crippen molar-refractivity contribution < 1.29 is 14.3 Å². The second kappa shape index (κ2) is 9.85. The molecule has 0 spiro atoms. The van der Waals surface area contributed by atoms with E-state index in [1.807, 2.05) is 42.5 Å². The van der Waals surface area contributed by atoms with Crippen molar-refractivity contribution in [3.05, 3.63) is 60.2 Å². The van der Waals surface area contributed by atoms with Crippen LogP contribution in [0.4, 0.5) is 0 Å². The molecule has 0 unspecified atom stereocenters. The lowest BCUT2D eigenvalue weighted by atomic mass is 9.87. The Kier molecular flexibility index (Phi) is 7.52. The molecule has 26 heavy (non-hydrogen) atoms. The second-order valence-electron chi connectivity index (χ2n) is 7.24. The fourth-order valence-electron chi connectivity index (χ4n) is 2.44. The standard InChI is InChI=1S/C22H29NO3/c1-22(2,3)18-11-13-20(14-12-18)26-17-15-23-21(24)10-7-16-25-19-8-5-4-6-9-19/h4-6,8-9,11-14H,7,10,15-17H2,1-3H3,(H,23,24). The van der Waals surface area contributed by atoms with Crippen LogP contribution in [0.5, 0.6) is 11.5 Å². The number of hydrogen-bond donors (Lipinski definition) is 1. The zero-order chi connectivity index (χ0) is 18.8. The van der Waals surface area contributed by atoms with Crippen molar-refractivity contribution in [1.82, 2.24) is 5.32 Å². The topological polar surface area (TPSA) is 47.6 Å². The van der Waals surface area contributed by atoms with Crippen LogP contribution in [-0.4, -0.2) is 25.7 Å². The third kappa shape index (κ3) is 7.18. The van der Waals surface area contributed by atoms with Gasteiger partial charge >= 0.3 is 0 Å². The lowest BCUT2D eigenvalue weighted by Gasteiger charge is -2.19. The first-order chi connectivity index (χ1) is 12.4. The van der Waals surface area contributed by atoms with Crippen LogP contribution in [0.1, 0.15) is 39.2 Å². The molecule has 0 saturated carbocycles. The van der Waals surface area contributed by atoms with Gasteiger partial charge in [-0.15, -0.1) is 0 Å². The van der Waals surface area contributed by atoms with E-state index in [1.165, 1.54) is 5.56 Å². The molecule has 0 aromatic heterocycles. The summed E-state index contributed by atoms with van der Waals surface area (Å²) in [5, 5.41) is 2.87. The van der Waals surface area contributed by atoms with E-state index in [0.717, 1.165) is 11.5 Å². The number of carbonyl (C=O) groups is 1. The minimum absolute atomic E-state index is 0.0216. The van der Waals surface area contributed by atoms with Gasteiger partial charge in [-0.3, -0.25) is 4.79 Å². The van der Waals surface area contributed by atoms with Gasteiger partial charge in [0, 0.05) is 6.42 Å². The first kappa shape index (κ1) is 19.8. The van der Waals surface area contributed by atoms with Gasteiger partial charge in [-0.25, -0.2) is 0 Å². The van der Waals surface area contributed by atoms with E-state index in [1.54, 1.807) is 0 Å². The highest BCUT2D eigenvalue weighted by atomic mass is 16.5. The molecule has 1 N–H and O–H groups in total. The summed E-state index contributed by atoms with van der Waals surface area (Å²) in [4.78, 5) is 11.8. The van der Waals surface area contributed by atoms with Gasteiger partial charge in [0.25, 0.3) is 0 Å². The number of carbonyl (C=O) groups excluding carboxylic acids is 1. The SMILES string of the molecule is CC(C)(C)c1ccc(OCCNC(=O)CCCOc2ccccc2)cc1. The second-order valence-corrected chi connectivity index (χ2v) is 7.24. The van der Waals surface area contributed by atoms with Gasteiger partial charge in [0.05, 0.1) is 13.2 Å². The number of rotatable bonds is 9. The van der Waals surface area contributed by atoms with E-state index >= 15 is 0 Å². The average Bonchev–Trinajstić information content (AvgIpc) is 2.63. The van der Waals surface area contributed by atoms with E-state index in [9.17, 15) is 4.79 Å². The van der Waals surface area contributed by atoms with Crippen molar-refractivity contribution in [3.63, 3.8) is 0 Å². The van der Waals surface area contributed by atoms with E-state index in [-0.39, 0.29) is 11.3 Å². The molecule has 2 rings (SSSR count). The van der Waals surface area contributed by atoms with Gasteiger partial charge in [0.15, 0.2) is 0 Å². The molecule has 0 bridgehead atoms. The molecule has 4 heteroatoms. The van der Waals surface area contributed by atoms with Gasteiger partial charge < -0.3 is 14.8 Å². The molecule has 4 nitrogen and oxygen atoms in total. The summed E-state index contributed by atoms with van der Waals surface area (Å²) in [6.07, 6.45) is 1.14. The molecule has 0 aliphatic rings. The van der Waals surface area contributed by atoms with Crippen molar-refractivity contribution in [3.8, 4) is 11.5 Å². The Balaban J connectivity index is 1.55. The molecule has 0 saturated heterocycles. The van der Waals surface area contributed by atoms with E-state index < -0.39 is 0 Å². The van der Waals surface area contributed by atoms with E-state index in [2.05, 4.69) is 38.2 Å². The quantitative estimate of drug-likeness (QED) is 0.681. The third-order valence-corrected chi connectivity index (χ3v) is 3.97. The maximum atomic E-state index is 11.8. The van der Waals surface area contributed by atoms with Crippen molar-refractivity contribution >= 4 is 5.91 Å². The van der Waals surface area contributed by atoms with Crippen molar-refractivity contribution in [2.75, 3.05) is 19.8 Å². The lowest BCUT2D eigenvalue weighted by Crippen LogP contribution is -2.28. The third-order valence-electron chi connectivity index (χ3n) is 3.97. The van der Waals surface area contributed by atoms with Crippen LogP contribution in [0.15, 0.2) is 54.6 Å². The fraction of sp³-hybridized carbons (Fsp3) is 0.409. The zero-order valence-electron chi connectivity index (χ0n) is 16.0. The molecular weight excluding hydrogens is 326 g/mol. The Hall–Kier alpha value is -2.49. The molecule has 140 valence electrons. The number of para-hydroxylation sites is 1. The molecule has 1 amide bonds. The summed E-state index contributed by atoms with van der Waals surface area (Å²) in [7, 11) is 0. The molecule has 0 radical (unpaired) electrons. The van der Waals surface area contributed by atoms with Crippen molar-refractivity contribution in [1.29, 1.82) is 0 Å². The predicted octanol–water partition coefficient (Wildman–Crippen LogP) is 4.34. The van der Waals surface area contributed by atoms with Crippen LogP contribution in [0.3, 0.4) is 0 Å². The summed E-state index contributed by atoms with van der Waals surface area (Å²) in [5.74, 6) is 1.68. The summed E-state index contributed by atoms with van der Waals surface area (Å²) in [5.41, 5.74) is 1.41. The number of amides is 1. The molecule has 0 atom stereocenters. The minimum atomic E-state index is 0.0216. The highest BCUT2D eigenvalue weighted by Gasteiger charge is 2.12. The van der Waals surface area contributed by atoms with Gasteiger partial charge in [-0.2, -0.15) is 0 Å². The Bertz CT molecular complexity index is 660. The van der Waals surface area contributed by atoms with Gasteiger partial charge in [-0.1, -0.05) is 51.1 Å². The largest absolute Gasteiger partial charge is 0.494 e. The van der Waals surface area contributed by atoms with Crippen LogP contribution >= 0.6 is 0 Å². The van der Waals surface area contributed by atoms with Crippen LogP contribution in [0.25, 0.3) is 0 Å². The van der Waals surface area contributed by atoms with Gasteiger partial charge in [-0.05, 0) is 41.7 Å². The van der Waals surface area contributed by atoms with E-state index in [0.29, 0.717) is 32.6 Å². The predicted molar refractivity (Wildman–Crippen MR) is 105 cm³/mol.